The summed E-state index contributed by atoms with van der Waals surface area (Å²) in [5.74, 6) is -0.848. The number of likely N-dealkylation sites (tertiary alicyclic amines) is 1. The molecular weight excluding hydrogens is 336 g/mol. The van der Waals surface area contributed by atoms with Crippen molar-refractivity contribution in [1.29, 1.82) is 0 Å². The number of aliphatic carboxylic acids is 1. The minimum atomic E-state index is -0.866. The largest absolute Gasteiger partial charge is 0.484 e. The third kappa shape index (κ3) is 4.74. The Hall–Kier alpha value is -2.57. The van der Waals surface area contributed by atoms with Gasteiger partial charge in [-0.15, -0.1) is 0 Å². The molecule has 2 aliphatic rings. The van der Waals surface area contributed by atoms with Gasteiger partial charge in [0, 0.05) is 30.8 Å². The van der Waals surface area contributed by atoms with Crippen LogP contribution in [0.5, 0.6) is 5.75 Å². The van der Waals surface area contributed by atoms with Gasteiger partial charge in [-0.1, -0.05) is 13.0 Å². The van der Waals surface area contributed by atoms with Crippen LogP contribution in [0.25, 0.3) is 0 Å². The molecule has 0 radical (unpaired) electrons. The molecule has 1 aliphatic heterocycles. The fraction of sp³-hybridized carbons (Fsp3) is 0.526. The highest BCUT2D eigenvalue weighted by Crippen LogP contribution is 2.30. The lowest BCUT2D eigenvalue weighted by molar-refractivity contribution is -0.147. The summed E-state index contributed by atoms with van der Waals surface area (Å²) in [6.07, 6.45) is 2.45. The quantitative estimate of drug-likeness (QED) is 0.809. The molecule has 26 heavy (non-hydrogen) atoms. The van der Waals surface area contributed by atoms with Crippen molar-refractivity contribution in [2.45, 2.75) is 26.2 Å². The first kappa shape index (κ1) is 18.2. The monoisotopic (exact) mass is 360 g/mol. The van der Waals surface area contributed by atoms with Crippen molar-refractivity contribution < 1.29 is 24.2 Å². The van der Waals surface area contributed by atoms with Crippen LogP contribution in [0.3, 0.4) is 0 Å². The molecule has 2 N–H and O–H groups in total. The molecule has 0 aromatic heterocycles. The zero-order chi connectivity index (χ0) is 18.7. The molecule has 2 fully saturated rings. The van der Waals surface area contributed by atoms with Crippen molar-refractivity contribution >= 4 is 23.5 Å². The number of benzene rings is 1. The third-order valence-electron chi connectivity index (χ3n) is 4.77. The summed E-state index contributed by atoms with van der Waals surface area (Å²) in [6, 6.07) is 6.94. The number of nitrogens with one attached hydrogen (secondary N) is 1. The Morgan fingerprint density at radius 3 is 2.69 bits per heavy atom. The van der Waals surface area contributed by atoms with E-state index in [2.05, 4.69) is 5.32 Å². The van der Waals surface area contributed by atoms with E-state index in [0.717, 1.165) is 12.8 Å². The number of rotatable bonds is 6. The molecule has 7 heteroatoms. The molecule has 1 aliphatic carbocycles. The maximum atomic E-state index is 12.4. The number of nitrogens with zero attached hydrogens (tertiary/aromatic N) is 1. The minimum Gasteiger partial charge on any atom is -0.484 e. The maximum Gasteiger partial charge on any atom is 0.308 e. The van der Waals surface area contributed by atoms with Crippen molar-refractivity contribution in [2.24, 2.45) is 17.8 Å². The van der Waals surface area contributed by atoms with Crippen LogP contribution in [0.2, 0.25) is 0 Å². The predicted octanol–water partition coefficient (Wildman–Crippen LogP) is 1.98. The van der Waals surface area contributed by atoms with E-state index >= 15 is 0 Å². The van der Waals surface area contributed by atoms with Gasteiger partial charge in [-0.3, -0.25) is 14.4 Å². The number of carbonyl (C=O) groups is 3. The van der Waals surface area contributed by atoms with Crippen LogP contribution >= 0.6 is 0 Å². The molecule has 2 unspecified atom stereocenters. The molecular formula is C19H24N2O5. The molecule has 7 nitrogen and oxygen atoms in total. The number of carboxylic acids is 1. The minimum absolute atomic E-state index is 0.0141. The van der Waals surface area contributed by atoms with Crippen LogP contribution in [0.1, 0.15) is 26.2 Å². The van der Waals surface area contributed by atoms with Crippen LogP contribution in [-0.4, -0.2) is 47.5 Å². The van der Waals surface area contributed by atoms with E-state index in [4.69, 9.17) is 4.74 Å². The summed E-state index contributed by atoms with van der Waals surface area (Å²) >= 11 is 0. The lowest BCUT2D eigenvalue weighted by Crippen LogP contribution is -2.47. The van der Waals surface area contributed by atoms with E-state index in [0.29, 0.717) is 24.4 Å². The summed E-state index contributed by atoms with van der Waals surface area (Å²) in [5, 5.41) is 12.0. The van der Waals surface area contributed by atoms with Crippen LogP contribution in [0.15, 0.2) is 24.3 Å². The molecule has 0 bridgehead atoms. The van der Waals surface area contributed by atoms with Crippen molar-refractivity contribution in [1.82, 2.24) is 4.90 Å². The second-order valence-electron chi connectivity index (χ2n) is 7.25. The average molecular weight is 360 g/mol. The Bertz CT molecular complexity index is 701. The highest BCUT2D eigenvalue weighted by Gasteiger charge is 2.32. The summed E-state index contributed by atoms with van der Waals surface area (Å²) < 4.78 is 5.56. The highest BCUT2D eigenvalue weighted by molar-refractivity contribution is 5.94. The second-order valence-corrected chi connectivity index (χ2v) is 7.25. The summed E-state index contributed by atoms with van der Waals surface area (Å²) in [5.41, 5.74) is 0.643. The van der Waals surface area contributed by atoms with Gasteiger partial charge in [0.25, 0.3) is 5.91 Å². The van der Waals surface area contributed by atoms with Gasteiger partial charge in [0.1, 0.15) is 5.75 Å². The zero-order valence-corrected chi connectivity index (χ0v) is 14.8. The first-order valence-electron chi connectivity index (χ1n) is 8.96. The number of carbonyl (C=O) groups excluding carboxylic acids is 2. The van der Waals surface area contributed by atoms with Crippen molar-refractivity contribution in [2.75, 3.05) is 25.0 Å². The van der Waals surface area contributed by atoms with Crippen LogP contribution in [-0.2, 0) is 14.4 Å². The number of amides is 2. The normalized spacial score (nSPS) is 22.6. The topological polar surface area (TPSA) is 95.9 Å². The Morgan fingerprint density at radius 1 is 1.23 bits per heavy atom. The molecule has 0 spiro atoms. The van der Waals surface area contributed by atoms with Gasteiger partial charge in [-0.25, -0.2) is 0 Å². The van der Waals surface area contributed by atoms with Gasteiger partial charge in [-0.05, 0) is 37.3 Å². The van der Waals surface area contributed by atoms with Crippen molar-refractivity contribution in [3.8, 4) is 5.75 Å². The third-order valence-corrected chi connectivity index (χ3v) is 4.77. The zero-order valence-electron chi connectivity index (χ0n) is 14.8. The number of hydrogen-bond donors (Lipinski definition) is 2. The van der Waals surface area contributed by atoms with E-state index in [1.54, 1.807) is 29.2 Å². The SMILES string of the molecule is CC1CC(C(=O)O)CN(C(=O)COc2cccc(NC(=O)C3CC3)c2)C1. The van der Waals surface area contributed by atoms with Crippen molar-refractivity contribution in [3.63, 3.8) is 0 Å². The van der Waals surface area contributed by atoms with Crippen molar-refractivity contribution in [3.05, 3.63) is 24.3 Å². The molecule has 1 saturated carbocycles. The van der Waals surface area contributed by atoms with Crippen LogP contribution in [0.4, 0.5) is 5.69 Å². The van der Waals surface area contributed by atoms with E-state index < -0.39 is 11.9 Å². The fourth-order valence-corrected chi connectivity index (χ4v) is 3.22. The Balaban J connectivity index is 1.53. The summed E-state index contributed by atoms with van der Waals surface area (Å²) in [6.45, 7) is 2.56. The number of carboxylic acid groups (broad SMARTS) is 1. The Labute approximate surface area is 152 Å². The molecule has 2 amide bonds. The first-order valence-corrected chi connectivity index (χ1v) is 8.96. The first-order chi connectivity index (χ1) is 12.4. The van der Waals surface area contributed by atoms with E-state index in [-0.39, 0.29) is 36.8 Å². The molecule has 3 rings (SSSR count). The van der Waals surface area contributed by atoms with Gasteiger partial charge in [0.05, 0.1) is 5.92 Å². The molecule has 1 aromatic carbocycles. The fourth-order valence-electron chi connectivity index (χ4n) is 3.22. The number of ether oxygens (including phenoxy) is 1. The van der Waals surface area contributed by atoms with Gasteiger partial charge < -0.3 is 20.1 Å². The smallest absolute Gasteiger partial charge is 0.308 e. The summed E-state index contributed by atoms with van der Waals surface area (Å²) in [7, 11) is 0. The highest BCUT2D eigenvalue weighted by atomic mass is 16.5. The van der Waals surface area contributed by atoms with Gasteiger partial charge in [0.2, 0.25) is 5.91 Å². The predicted molar refractivity (Wildman–Crippen MR) is 94.8 cm³/mol. The van der Waals surface area contributed by atoms with Crippen LogP contribution < -0.4 is 10.1 Å². The maximum absolute atomic E-state index is 12.4. The molecule has 1 aromatic rings. The van der Waals surface area contributed by atoms with E-state index in [1.165, 1.54) is 0 Å². The van der Waals surface area contributed by atoms with Gasteiger partial charge in [-0.2, -0.15) is 0 Å². The number of piperidine rings is 1. The van der Waals surface area contributed by atoms with Gasteiger partial charge >= 0.3 is 5.97 Å². The lowest BCUT2D eigenvalue weighted by atomic mass is 9.90. The molecule has 1 heterocycles. The van der Waals surface area contributed by atoms with E-state index in [1.807, 2.05) is 6.92 Å². The second kappa shape index (κ2) is 7.76. The molecule has 1 saturated heterocycles. The summed E-state index contributed by atoms with van der Waals surface area (Å²) in [4.78, 5) is 37.0. The molecule has 140 valence electrons. The van der Waals surface area contributed by atoms with Crippen LogP contribution in [0, 0.1) is 17.8 Å². The Morgan fingerprint density at radius 2 is 2.00 bits per heavy atom. The number of anilines is 1. The average Bonchev–Trinajstić information content (AvgIpc) is 3.44. The van der Waals surface area contributed by atoms with Gasteiger partial charge in [0.15, 0.2) is 6.61 Å². The number of hydrogen-bond acceptors (Lipinski definition) is 4. The Kier molecular flexibility index (Phi) is 5.44. The van der Waals surface area contributed by atoms with E-state index in [9.17, 15) is 19.5 Å². The lowest BCUT2D eigenvalue weighted by Gasteiger charge is -2.34. The standard InChI is InChI=1S/C19H24N2O5/c1-12-7-14(19(24)25)10-21(9-12)17(22)11-26-16-4-2-3-15(8-16)20-18(23)13-5-6-13/h2-4,8,12-14H,5-7,9-11H2,1H3,(H,20,23)(H,24,25). The molecule has 2 atom stereocenters.